The number of aromatic nitrogens is 2. The molecule has 2 aromatic heterocycles. The summed E-state index contributed by atoms with van der Waals surface area (Å²) in [4.78, 5) is 1.23. The zero-order valence-corrected chi connectivity index (χ0v) is 9.51. The van der Waals surface area contributed by atoms with Crippen LogP contribution in [0.25, 0.3) is 0 Å². The van der Waals surface area contributed by atoms with Crippen molar-refractivity contribution >= 4 is 29.0 Å². The van der Waals surface area contributed by atoms with Gasteiger partial charge in [0, 0.05) is 17.2 Å². The number of rotatable bonds is 5. The fraction of sp³-hybridized carbons (Fsp3) is 0.333. The second-order valence-corrected chi connectivity index (χ2v) is 4.28. The number of halogens is 1. The molecule has 1 N–H and O–H groups in total. The first kappa shape index (κ1) is 10.4. The maximum absolute atomic E-state index is 5.56. The van der Waals surface area contributed by atoms with Gasteiger partial charge in [0.15, 0.2) is 0 Å². The van der Waals surface area contributed by atoms with E-state index in [0.717, 1.165) is 0 Å². The van der Waals surface area contributed by atoms with Gasteiger partial charge < -0.3 is 9.73 Å². The molecule has 0 aliphatic rings. The molecule has 0 atom stereocenters. The first-order valence-corrected chi connectivity index (χ1v) is 5.94. The molecule has 0 fully saturated rings. The minimum Gasteiger partial charge on any atom is -0.408 e. The highest BCUT2D eigenvalue weighted by atomic mass is 35.5. The zero-order valence-electron chi connectivity index (χ0n) is 7.94. The summed E-state index contributed by atoms with van der Waals surface area (Å²) in [7, 11) is 0. The highest BCUT2D eigenvalue weighted by Crippen LogP contribution is 2.12. The van der Waals surface area contributed by atoms with Gasteiger partial charge in [0.25, 0.3) is 0 Å². The average Bonchev–Trinajstić information content (AvgIpc) is 2.85. The maximum Gasteiger partial charge on any atom is 0.315 e. The molecular formula is C9H10ClN3OS. The first-order chi connectivity index (χ1) is 7.38. The number of hydrogen-bond acceptors (Lipinski definition) is 5. The van der Waals surface area contributed by atoms with E-state index in [1.807, 2.05) is 17.5 Å². The van der Waals surface area contributed by atoms with E-state index >= 15 is 0 Å². The van der Waals surface area contributed by atoms with E-state index in [-0.39, 0.29) is 0 Å². The predicted molar refractivity (Wildman–Crippen MR) is 60.4 cm³/mol. The van der Waals surface area contributed by atoms with Crippen LogP contribution < -0.4 is 5.32 Å². The topological polar surface area (TPSA) is 51.0 Å². The Labute approximate surface area is 96.3 Å². The van der Waals surface area contributed by atoms with Gasteiger partial charge >= 0.3 is 6.01 Å². The summed E-state index contributed by atoms with van der Waals surface area (Å²) in [6.45, 7) is 0.709. The average molecular weight is 244 g/mol. The van der Waals surface area contributed by atoms with E-state index in [2.05, 4.69) is 15.5 Å². The van der Waals surface area contributed by atoms with Crippen LogP contribution in [0.4, 0.5) is 6.01 Å². The monoisotopic (exact) mass is 243 g/mol. The van der Waals surface area contributed by atoms with Crippen LogP contribution in [0.3, 0.4) is 0 Å². The van der Waals surface area contributed by atoms with Crippen LogP contribution in [-0.4, -0.2) is 16.1 Å². The van der Waals surface area contributed by atoms with Crippen LogP contribution in [0.5, 0.6) is 0 Å². The van der Waals surface area contributed by atoms with E-state index < -0.39 is 0 Å². The standard InChI is InChI=1S/C9H10ClN3OS/c10-4-3-8-12-13-9(14-8)11-6-7-2-1-5-15-7/h1-2,5H,3-4,6H2,(H,11,13). The molecule has 0 radical (unpaired) electrons. The molecule has 0 saturated heterocycles. The van der Waals surface area contributed by atoms with Gasteiger partial charge in [0.2, 0.25) is 5.89 Å². The second-order valence-electron chi connectivity index (χ2n) is 2.87. The van der Waals surface area contributed by atoms with Gasteiger partial charge in [-0.3, -0.25) is 0 Å². The minimum absolute atomic E-state index is 0.448. The van der Waals surface area contributed by atoms with Crippen molar-refractivity contribution in [2.24, 2.45) is 0 Å². The summed E-state index contributed by atoms with van der Waals surface area (Å²) in [5.41, 5.74) is 0. The lowest BCUT2D eigenvalue weighted by Gasteiger charge is -1.96. The van der Waals surface area contributed by atoms with Gasteiger partial charge in [-0.1, -0.05) is 11.2 Å². The third kappa shape index (κ3) is 2.94. The first-order valence-electron chi connectivity index (χ1n) is 4.53. The fourth-order valence-electron chi connectivity index (χ4n) is 1.08. The molecule has 0 spiro atoms. The van der Waals surface area contributed by atoms with Crippen molar-refractivity contribution in [1.82, 2.24) is 10.2 Å². The molecule has 0 aliphatic heterocycles. The molecule has 4 nitrogen and oxygen atoms in total. The van der Waals surface area contributed by atoms with Gasteiger partial charge in [-0.15, -0.1) is 28.0 Å². The summed E-state index contributed by atoms with van der Waals surface area (Å²) in [6.07, 6.45) is 0.606. The molecule has 2 aromatic rings. The number of alkyl halides is 1. The molecule has 6 heteroatoms. The summed E-state index contributed by atoms with van der Waals surface area (Å²) in [5.74, 6) is 1.06. The van der Waals surface area contributed by atoms with Crippen LogP contribution in [0.15, 0.2) is 21.9 Å². The number of thiophene rings is 1. The molecule has 2 heterocycles. The summed E-state index contributed by atoms with van der Waals surface area (Å²) in [6, 6.07) is 4.51. The normalized spacial score (nSPS) is 10.5. The Morgan fingerprint density at radius 2 is 2.40 bits per heavy atom. The lowest BCUT2D eigenvalue weighted by atomic mass is 10.5. The predicted octanol–water partition coefficient (Wildman–Crippen LogP) is 2.52. The third-order valence-corrected chi connectivity index (χ3v) is 2.83. The van der Waals surface area contributed by atoms with Crippen molar-refractivity contribution in [2.75, 3.05) is 11.2 Å². The van der Waals surface area contributed by atoms with Gasteiger partial charge in [-0.25, -0.2) is 0 Å². The lowest BCUT2D eigenvalue weighted by Crippen LogP contribution is -1.97. The van der Waals surface area contributed by atoms with Crippen LogP contribution in [-0.2, 0) is 13.0 Å². The summed E-state index contributed by atoms with van der Waals surface area (Å²) in [5, 5.41) is 12.8. The lowest BCUT2D eigenvalue weighted by molar-refractivity contribution is 0.512. The Hall–Kier alpha value is -1.07. The maximum atomic E-state index is 5.56. The smallest absolute Gasteiger partial charge is 0.315 e. The zero-order chi connectivity index (χ0) is 10.5. The van der Waals surface area contributed by atoms with Gasteiger partial charge in [0.1, 0.15) is 0 Å². The molecule has 0 saturated carbocycles. The fourth-order valence-corrected chi connectivity index (χ4v) is 1.89. The number of hydrogen-bond donors (Lipinski definition) is 1. The van der Waals surface area contributed by atoms with Crippen LogP contribution >= 0.6 is 22.9 Å². The van der Waals surface area contributed by atoms with E-state index in [1.54, 1.807) is 11.3 Å². The number of nitrogens with zero attached hydrogens (tertiary/aromatic N) is 2. The summed E-state index contributed by atoms with van der Waals surface area (Å²) < 4.78 is 5.31. The van der Waals surface area contributed by atoms with Crippen LogP contribution in [0.2, 0.25) is 0 Å². The SMILES string of the molecule is ClCCc1nnc(NCc2cccs2)o1. The molecule has 0 unspecified atom stereocenters. The quantitative estimate of drug-likeness (QED) is 0.820. The second kappa shape index (κ2) is 5.14. The van der Waals surface area contributed by atoms with Gasteiger partial charge in [-0.2, -0.15) is 0 Å². The molecule has 2 rings (SSSR count). The van der Waals surface area contributed by atoms with E-state index in [0.29, 0.717) is 30.8 Å². The summed E-state index contributed by atoms with van der Waals surface area (Å²) >= 11 is 7.24. The Morgan fingerprint density at radius 1 is 1.47 bits per heavy atom. The number of anilines is 1. The van der Waals surface area contributed by atoms with E-state index in [4.69, 9.17) is 16.0 Å². The Bertz CT molecular complexity index is 401. The molecule has 80 valence electrons. The molecule has 0 aliphatic carbocycles. The van der Waals surface area contributed by atoms with Gasteiger partial charge in [0.05, 0.1) is 6.54 Å². The van der Waals surface area contributed by atoms with Crippen molar-refractivity contribution in [1.29, 1.82) is 0 Å². The number of aryl methyl sites for hydroxylation is 1. The van der Waals surface area contributed by atoms with Gasteiger partial charge in [-0.05, 0) is 11.4 Å². The largest absolute Gasteiger partial charge is 0.408 e. The van der Waals surface area contributed by atoms with Crippen molar-refractivity contribution in [2.45, 2.75) is 13.0 Å². The van der Waals surface area contributed by atoms with Crippen molar-refractivity contribution in [3.63, 3.8) is 0 Å². The Kier molecular flexibility index (Phi) is 3.58. The highest BCUT2D eigenvalue weighted by molar-refractivity contribution is 7.09. The van der Waals surface area contributed by atoms with Crippen LogP contribution in [0.1, 0.15) is 10.8 Å². The molecule has 15 heavy (non-hydrogen) atoms. The molecule has 0 aromatic carbocycles. The van der Waals surface area contributed by atoms with E-state index in [1.165, 1.54) is 4.88 Å². The Morgan fingerprint density at radius 3 is 3.13 bits per heavy atom. The third-order valence-electron chi connectivity index (χ3n) is 1.77. The van der Waals surface area contributed by atoms with Crippen LogP contribution in [0, 0.1) is 0 Å². The number of nitrogens with one attached hydrogen (secondary N) is 1. The van der Waals surface area contributed by atoms with Crippen molar-refractivity contribution in [3.8, 4) is 0 Å². The Balaban J connectivity index is 1.88. The highest BCUT2D eigenvalue weighted by Gasteiger charge is 2.04. The van der Waals surface area contributed by atoms with Crippen molar-refractivity contribution in [3.05, 3.63) is 28.3 Å². The molecular weight excluding hydrogens is 234 g/mol. The molecule has 0 bridgehead atoms. The molecule has 0 amide bonds. The van der Waals surface area contributed by atoms with Crippen molar-refractivity contribution < 1.29 is 4.42 Å². The van der Waals surface area contributed by atoms with E-state index in [9.17, 15) is 0 Å². The minimum atomic E-state index is 0.448.